The number of hydrogen-bond acceptors (Lipinski definition) is 5. The summed E-state index contributed by atoms with van der Waals surface area (Å²) in [6, 6.07) is 8.38. The maximum Gasteiger partial charge on any atom is 0.218 e. The van der Waals surface area contributed by atoms with Crippen LogP contribution in [-0.4, -0.2) is 21.3 Å². The molecular formula is C16H20N2O3. The van der Waals surface area contributed by atoms with Crippen molar-refractivity contribution in [1.82, 2.24) is 10.3 Å². The van der Waals surface area contributed by atoms with Crippen LogP contribution in [0.4, 0.5) is 0 Å². The topological polar surface area (TPSA) is 74.6 Å². The van der Waals surface area contributed by atoms with E-state index >= 15 is 0 Å². The van der Waals surface area contributed by atoms with E-state index < -0.39 is 0 Å². The largest absolute Gasteiger partial charge is 0.508 e. The average Bonchev–Trinajstić information content (AvgIpc) is 2.42. The second kappa shape index (κ2) is 6.95. The molecule has 21 heavy (non-hydrogen) atoms. The molecule has 0 saturated carbocycles. The van der Waals surface area contributed by atoms with E-state index in [4.69, 9.17) is 4.74 Å². The van der Waals surface area contributed by atoms with Crippen LogP contribution in [0.3, 0.4) is 0 Å². The lowest BCUT2D eigenvalue weighted by atomic mass is 10.2. The molecule has 2 rings (SSSR count). The fourth-order valence-corrected chi connectivity index (χ4v) is 1.92. The first kappa shape index (κ1) is 15.1. The number of ether oxygens (including phenoxy) is 1. The monoisotopic (exact) mass is 288 g/mol. The highest BCUT2D eigenvalue weighted by atomic mass is 16.5. The van der Waals surface area contributed by atoms with Crippen LogP contribution in [0.25, 0.3) is 0 Å². The summed E-state index contributed by atoms with van der Waals surface area (Å²) in [6.07, 6.45) is 1.77. The Labute approximate surface area is 124 Å². The smallest absolute Gasteiger partial charge is 0.218 e. The van der Waals surface area contributed by atoms with Gasteiger partial charge in [-0.15, -0.1) is 0 Å². The Bertz CT molecular complexity index is 600. The average molecular weight is 288 g/mol. The minimum absolute atomic E-state index is 0.0520. The number of rotatable bonds is 6. The molecule has 112 valence electrons. The number of nitrogens with one attached hydrogen (secondary N) is 1. The zero-order valence-corrected chi connectivity index (χ0v) is 12.2. The zero-order valence-electron chi connectivity index (χ0n) is 12.2. The summed E-state index contributed by atoms with van der Waals surface area (Å²) in [5.41, 5.74) is 1.69. The molecule has 1 aromatic carbocycles. The molecular weight excluding hydrogens is 268 g/mol. The number of pyridine rings is 1. The first-order valence-corrected chi connectivity index (χ1v) is 6.88. The molecule has 1 aromatic heterocycles. The Kier molecular flexibility index (Phi) is 5.00. The van der Waals surface area contributed by atoms with Crippen molar-refractivity contribution in [2.75, 3.05) is 0 Å². The van der Waals surface area contributed by atoms with Crippen LogP contribution in [-0.2, 0) is 13.1 Å². The van der Waals surface area contributed by atoms with Crippen molar-refractivity contribution < 1.29 is 14.9 Å². The molecule has 0 radical (unpaired) electrons. The van der Waals surface area contributed by atoms with Gasteiger partial charge >= 0.3 is 0 Å². The Morgan fingerprint density at radius 2 is 1.90 bits per heavy atom. The van der Waals surface area contributed by atoms with Crippen LogP contribution < -0.4 is 10.1 Å². The highest BCUT2D eigenvalue weighted by molar-refractivity contribution is 5.38. The van der Waals surface area contributed by atoms with E-state index in [1.165, 1.54) is 6.07 Å². The van der Waals surface area contributed by atoms with Crippen LogP contribution in [0.2, 0.25) is 0 Å². The molecule has 5 heteroatoms. The first-order chi connectivity index (χ1) is 10.1. The normalized spacial score (nSPS) is 10.8. The minimum Gasteiger partial charge on any atom is -0.508 e. The van der Waals surface area contributed by atoms with E-state index in [9.17, 15) is 10.2 Å². The predicted molar refractivity (Wildman–Crippen MR) is 80.3 cm³/mol. The molecule has 0 amide bonds. The van der Waals surface area contributed by atoms with Crippen molar-refractivity contribution in [3.63, 3.8) is 0 Å². The Hall–Kier alpha value is -2.27. The fraction of sp³-hybridized carbons (Fsp3) is 0.312. The van der Waals surface area contributed by atoms with Crippen molar-refractivity contribution in [3.8, 4) is 17.4 Å². The number of aromatic hydroxyl groups is 2. The Balaban J connectivity index is 1.97. The molecule has 3 N–H and O–H groups in total. The lowest BCUT2D eigenvalue weighted by molar-refractivity contribution is 0.229. The van der Waals surface area contributed by atoms with Crippen LogP contribution in [0.5, 0.6) is 17.4 Å². The Morgan fingerprint density at radius 3 is 2.62 bits per heavy atom. The second-order valence-corrected chi connectivity index (χ2v) is 5.05. The van der Waals surface area contributed by atoms with E-state index in [1.807, 2.05) is 26.0 Å². The van der Waals surface area contributed by atoms with Crippen molar-refractivity contribution >= 4 is 0 Å². The molecule has 0 aliphatic heterocycles. The number of hydrogen-bond donors (Lipinski definition) is 3. The summed E-state index contributed by atoms with van der Waals surface area (Å²) >= 11 is 0. The van der Waals surface area contributed by atoms with Gasteiger partial charge in [0.05, 0.1) is 6.10 Å². The van der Waals surface area contributed by atoms with Gasteiger partial charge < -0.3 is 20.3 Å². The van der Waals surface area contributed by atoms with Crippen molar-refractivity contribution in [3.05, 3.63) is 47.7 Å². The summed E-state index contributed by atoms with van der Waals surface area (Å²) in [5, 5.41) is 22.2. The lowest BCUT2D eigenvalue weighted by Gasteiger charge is -2.13. The molecule has 1 heterocycles. The van der Waals surface area contributed by atoms with Gasteiger partial charge in [-0.05, 0) is 26.0 Å². The first-order valence-electron chi connectivity index (χ1n) is 6.88. The zero-order chi connectivity index (χ0) is 15.2. The standard InChI is InChI=1S/C16H20N2O3/c1-11(2)21-16-13(4-3-7-18-16)10-17-9-12-5-6-14(19)8-15(12)20/h3-8,11,17,19-20H,9-10H2,1-2H3. The number of benzene rings is 1. The van der Waals surface area contributed by atoms with E-state index in [0.29, 0.717) is 19.0 Å². The van der Waals surface area contributed by atoms with E-state index in [1.54, 1.807) is 18.3 Å². The van der Waals surface area contributed by atoms with Gasteiger partial charge in [-0.3, -0.25) is 0 Å². The van der Waals surface area contributed by atoms with Gasteiger partial charge in [0.15, 0.2) is 0 Å². The summed E-state index contributed by atoms with van der Waals surface area (Å²) in [4.78, 5) is 4.23. The molecule has 0 atom stereocenters. The van der Waals surface area contributed by atoms with Gasteiger partial charge in [0.1, 0.15) is 11.5 Å². The van der Waals surface area contributed by atoms with E-state index in [0.717, 1.165) is 11.1 Å². The molecule has 0 spiro atoms. The number of aromatic nitrogens is 1. The number of phenols is 2. The van der Waals surface area contributed by atoms with Crippen LogP contribution in [0, 0.1) is 0 Å². The lowest BCUT2D eigenvalue weighted by Crippen LogP contribution is -2.15. The van der Waals surface area contributed by atoms with Gasteiger partial charge in [0, 0.05) is 36.5 Å². The number of phenolic OH excluding ortho intramolecular Hbond substituents is 2. The highest BCUT2D eigenvalue weighted by Gasteiger charge is 2.07. The summed E-state index contributed by atoms with van der Waals surface area (Å²) in [5.74, 6) is 0.749. The van der Waals surface area contributed by atoms with Crippen molar-refractivity contribution in [2.45, 2.75) is 33.0 Å². The second-order valence-electron chi connectivity index (χ2n) is 5.05. The molecule has 0 aliphatic carbocycles. The third-order valence-electron chi connectivity index (χ3n) is 2.90. The molecule has 5 nitrogen and oxygen atoms in total. The van der Waals surface area contributed by atoms with Gasteiger partial charge in [0.2, 0.25) is 5.88 Å². The van der Waals surface area contributed by atoms with Crippen LogP contribution in [0.1, 0.15) is 25.0 Å². The SMILES string of the molecule is CC(C)Oc1ncccc1CNCc1ccc(O)cc1O. The minimum atomic E-state index is 0.0520. The van der Waals surface area contributed by atoms with Crippen molar-refractivity contribution in [1.29, 1.82) is 0 Å². The predicted octanol–water partition coefficient (Wildman–Crippen LogP) is 2.57. The van der Waals surface area contributed by atoms with Gasteiger partial charge in [-0.1, -0.05) is 12.1 Å². The maximum absolute atomic E-state index is 9.73. The van der Waals surface area contributed by atoms with E-state index in [2.05, 4.69) is 10.3 Å². The third kappa shape index (κ3) is 4.36. The third-order valence-corrected chi connectivity index (χ3v) is 2.90. The maximum atomic E-state index is 9.73. The quantitative estimate of drug-likeness (QED) is 0.762. The van der Waals surface area contributed by atoms with E-state index in [-0.39, 0.29) is 17.6 Å². The summed E-state index contributed by atoms with van der Waals surface area (Å²) < 4.78 is 5.65. The molecule has 0 unspecified atom stereocenters. The molecule has 0 fully saturated rings. The van der Waals surface area contributed by atoms with Gasteiger partial charge in [-0.25, -0.2) is 4.98 Å². The summed E-state index contributed by atoms with van der Waals surface area (Å²) in [6.45, 7) is 4.99. The highest BCUT2D eigenvalue weighted by Crippen LogP contribution is 2.22. The van der Waals surface area contributed by atoms with Crippen LogP contribution in [0.15, 0.2) is 36.5 Å². The Morgan fingerprint density at radius 1 is 1.14 bits per heavy atom. The molecule has 0 bridgehead atoms. The molecule has 0 aliphatic rings. The number of nitrogens with zero attached hydrogens (tertiary/aromatic N) is 1. The van der Waals surface area contributed by atoms with Crippen molar-refractivity contribution in [2.24, 2.45) is 0 Å². The molecule has 0 saturated heterocycles. The summed E-state index contributed by atoms with van der Waals surface area (Å²) in [7, 11) is 0. The fourth-order valence-electron chi connectivity index (χ4n) is 1.92. The van der Waals surface area contributed by atoms with Gasteiger partial charge in [0.25, 0.3) is 0 Å². The van der Waals surface area contributed by atoms with Gasteiger partial charge in [-0.2, -0.15) is 0 Å². The van der Waals surface area contributed by atoms with Crippen LogP contribution >= 0.6 is 0 Å². The molecule has 2 aromatic rings.